The lowest BCUT2D eigenvalue weighted by Gasteiger charge is -2.41. The molecule has 3 heteroatoms. The largest absolute Gasteiger partial charge is 0.394 e. The number of aliphatic hydroxyl groups is 1. The van der Waals surface area contributed by atoms with E-state index in [2.05, 4.69) is 35.3 Å². The molecule has 3 nitrogen and oxygen atoms in total. The average Bonchev–Trinajstić information content (AvgIpc) is 2.65. The van der Waals surface area contributed by atoms with Crippen molar-refractivity contribution in [2.75, 3.05) is 6.61 Å². The zero-order valence-corrected chi connectivity index (χ0v) is 9.37. The fourth-order valence-electron chi connectivity index (χ4n) is 2.08. The van der Waals surface area contributed by atoms with Gasteiger partial charge in [0, 0.05) is 31.0 Å². The van der Waals surface area contributed by atoms with Crippen LogP contribution in [0.15, 0.2) is 18.5 Å². The topological polar surface area (TPSA) is 37.2 Å². The molecule has 0 spiro atoms. The second-order valence-electron chi connectivity index (χ2n) is 4.50. The van der Waals surface area contributed by atoms with E-state index < -0.39 is 0 Å². The Morgan fingerprint density at radius 3 is 2.80 bits per heavy atom. The minimum atomic E-state index is 0.0221. The fraction of sp³-hybridized carbons (Fsp3) is 0.667. The maximum Gasteiger partial charge on any atom is 0.0613 e. The summed E-state index contributed by atoms with van der Waals surface area (Å²) in [5.41, 5.74) is 1.32. The molecule has 2 rings (SSSR count). The predicted molar refractivity (Wildman–Crippen MR) is 60.6 cm³/mol. The Kier molecular flexibility index (Phi) is 3.12. The summed E-state index contributed by atoms with van der Waals surface area (Å²) < 4.78 is 2.17. The third kappa shape index (κ3) is 2.24. The van der Waals surface area contributed by atoms with Crippen molar-refractivity contribution in [2.24, 2.45) is 0 Å². The minimum absolute atomic E-state index is 0.0221. The molecule has 0 unspecified atom stereocenters. The number of nitrogens with one attached hydrogen (secondary N) is 1. The molecular formula is C12H20N2O. The molecule has 0 saturated heterocycles. The van der Waals surface area contributed by atoms with Gasteiger partial charge in [0.05, 0.1) is 6.61 Å². The molecule has 0 atom stereocenters. The van der Waals surface area contributed by atoms with E-state index in [4.69, 9.17) is 0 Å². The highest BCUT2D eigenvalue weighted by Gasteiger charge is 2.35. The lowest BCUT2D eigenvalue weighted by atomic mass is 9.77. The standard InChI is InChI=1S/C12H20N2O/c1-2-14-7-4-11(9-14)8-13-12(10-15)5-3-6-12/h4,7,9,13,15H,2-3,5-6,8,10H2,1H3. The first-order valence-corrected chi connectivity index (χ1v) is 5.78. The van der Waals surface area contributed by atoms with Crippen molar-refractivity contribution in [3.63, 3.8) is 0 Å². The molecule has 84 valence electrons. The van der Waals surface area contributed by atoms with E-state index in [0.29, 0.717) is 0 Å². The average molecular weight is 208 g/mol. The van der Waals surface area contributed by atoms with Crippen LogP contribution in [0.3, 0.4) is 0 Å². The van der Waals surface area contributed by atoms with Crippen molar-refractivity contribution in [3.05, 3.63) is 24.0 Å². The molecule has 1 aromatic rings. The van der Waals surface area contributed by atoms with E-state index in [0.717, 1.165) is 25.9 Å². The molecule has 1 saturated carbocycles. The Morgan fingerprint density at radius 1 is 1.53 bits per heavy atom. The van der Waals surface area contributed by atoms with Gasteiger partial charge in [-0.25, -0.2) is 0 Å². The van der Waals surface area contributed by atoms with Gasteiger partial charge in [0.1, 0.15) is 0 Å². The highest BCUT2D eigenvalue weighted by Crippen LogP contribution is 2.31. The zero-order chi connectivity index (χ0) is 10.7. The zero-order valence-electron chi connectivity index (χ0n) is 9.37. The van der Waals surface area contributed by atoms with Crippen LogP contribution in [0, 0.1) is 0 Å². The van der Waals surface area contributed by atoms with Crippen molar-refractivity contribution >= 4 is 0 Å². The van der Waals surface area contributed by atoms with Crippen LogP contribution in [-0.4, -0.2) is 21.8 Å². The third-order valence-electron chi connectivity index (χ3n) is 3.46. The molecule has 1 aliphatic rings. The van der Waals surface area contributed by atoms with Gasteiger partial charge >= 0.3 is 0 Å². The number of aliphatic hydroxyl groups excluding tert-OH is 1. The normalized spacial score (nSPS) is 18.8. The number of hydrogen-bond donors (Lipinski definition) is 2. The lowest BCUT2D eigenvalue weighted by molar-refractivity contribution is 0.0872. The number of rotatable bonds is 5. The van der Waals surface area contributed by atoms with E-state index in [1.807, 2.05) is 0 Å². The molecule has 1 heterocycles. The van der Waals surface area contributed by atoms with Crippen LogP contribution in [0.5, 0.6) is 0 Å². The number of hydrogen-bond acceptors (Lipinski definition) is 2. The predicted octanol–water partition coefficient (Wildman–Crippen LogP) is 1.51. The van der Waals surface area contributed by atoms with E-state index in [1.165, 1.54) is 12.0 Å². The maximum absolute atomic E-state index is 9.30. The molecule has 15 heavy (non-hydrogen) atoms. The van der Waals surface area contributed by atoms with Gasteiger partial charge in [0.25, 0.3) is 0 Å². The second kappa shape index (κ2) is 4.37. The monoisotopic (exact) mass is 208 g/mol. The Bertz CT molecular complexity index is 310. The summed E-state index contributed by atoms with van der Waals surface area (Å²) in [6.45, 7) is 4.29. The van der Waals surface area contributed by atoms with Gasteiger partial charge in [0.2, 0.25) is 0 Å². The summed E-state index contributed by atoms with van der Waals surface area (Å²) in [5, 5.41) is 12.8. The van der Waals surface area contributed by atoms with Gasteiger partial charge in [-0.3, -0.25) is 0 Å². The summed E-state index contributed by atoms with van der Waals surface area (Å²) >= 11 is 0. The smallest absolute Gasteiger partial charge is 0.0613 e. The molecule has 1 fully saturated rings. The third-order valence-corrected chi connectivity index (χ3v) is 3.46. The highest BCUT2D eigenvalue weighted by atomic mass is 16.3. The first-order valence-electron chi connectivity index (χ1n) is 5.78. The van der Waals surface area contributed by atoms with Crippen LogP contribution in [0.25, 0.3) is 0 Å². The maximum atomic E-state index is 9.30. The number of nitrogens with zero attached hydrogens (tertiary/aromatic N) is 1. The fourth-order valence-corrected chi connectivity index (χ4v) is 2.08. The molecule has 2 N–H and O–H groups in total. The van der Waals surface area contributed by atoms with Crippen molar-refractivity contribution in [1.29, 1.82) is 0 Å². The molecular weight excluding hydrogens is 188 g/mol. The molecule has 1 aliphatic carbocycles. The van der Waals surface area contributed by atoms with E-state index >= 15 is 0 Å². The Hall–Kier alpha value is -0.800. The molecule has 0 radical (unpaired) electrons. The number of aryl methyl sites for hydroxylation is 1. The SMILES string of the molecule is CCn1ccc(CNC2(CO)CCC2)c1. The Morgan fingerprint density at radius 2 is 2.33 bits per heavy atom. The Balaban J connectivity index is 1.86. The second-order valence-corrected chi connectivity index (χ2v) is 4.50. The van der Waals surface area contributed by atoms with E-state index in [-0.39, 0.29) is 12.1 Å². The highest BCUT2D eigenvalue weighted by molar-refractivity contribution is 5.11. The molecule has 0 aromatic carbocycles. The molecule has 0 aliphatic heterocycles. The van der Waals surface area contributed by atoms with Crippen LogP contribution in [-0.2, 0) is 13.1 Å². The summed E-state index contributed by atoms with van der Waals surface area (Å²) in [6, 6.07) is 2.14. The van der Waals surface area contributed by atoms with Crippen molar-refractivity contribution in [2.45, 2.75) is 44.8 Å². The molecule has 1 aromatic heterocycles. The van der Waals surface area contributed by atoms with Crippen LogP contribution in [0.4, 0.5) is 0 Å². The van der Waals surface area contributed by atoms with Crippen LogP contribution in [0.2, 0.25) is 0 Å². The van der Waals surface area contributed by atoms with Crippen molar-refractivity contribution in [1.82, 2.24) is 9.88 Å². The van der Waals surface area contributed by atoms with Gasteiger partial charge in [-0.15, -0.1) is 0 Å². The first-order chi connectivity index (χ1) is 7.28. The lowest BCUT2D eigenvalue weighted by Crippen LogP contribution is -2.53. The number of aromatic nitrogens is 1. The van der Waals surface area contributed by atoms with Crippen molar-refractivity contribution in [3.8, 4) is 0 Å². The summed E-state index contributed by atoms with van der Waals surface area (Å²) in [4.78, 5) is 0. The van der Waals surface area contributed by atoms with Gasteiger partial charge in [0.15, 0.2) is 0 Å². The Labute approximate surface area is 91.1 Å². The van der Waals surface area contributed by atoms with Gasteiger partial charge in [-0.05, 0) is 37.8 Å². The summed E-state index contributed by atoms with van der Waals surface area (Å²) in [7, 11) is 0. The van der Waals surface area contributed by atoms with Crippen LogP contribution in [0.1, 0.15) is 31.7 Å². The van der Waals surface area contributed by atoms with Gasteiger partial charge < -0.3 is 15.0 Å². The molecule has 0 amide bonds. The van der Waals surface area contributed by atoms with Gasteiger partial charge in [-0.2, -0.15) is 0 Å². The summed E-state index contributed by atoms with van der Waals surface area (Å²) in [6.07, 6.45) is 7.72. The first kappa shape index (κ1) is 10.7. The minimum Gasteiger partial charge on any atom is -0.394 e. The van der Waals surface area contributed by atoms with Crippen LogP contribution >= 0.6 is 0 Å². The van der Waals surface area contributed by atoms with Crippen molar-refractivity contribution < 1.29 is 5.11 Å². The van der Waals surface area contributed by atoms with E-state index in [9.17, 15) is 5.11 Å². The quantitative estimate of drug-likeness (QED) is 0.769. The molecule has 0 bridgehead atoms. The van der Waals surface area contributed by atoms with Gasteiger partial charge in [-0.1, -0.05) is 0 Å². The summed E-state index contributed by atoms with van der Waals surface area (Å²) in [5.74, 6) is 0. The van der Waals surface area contributed by atoms with E-state index in [1.54, 1.807) is 0 Å². The van der Waals surface area contributed by atoms with Crippen LogP contribution < -0.4 is 5.32 Å².